The van der Waals surface area contributed by atoms with E-state index in [0.717, 1.165) is 5.92 Å². The van der Waals surface area contributed by atoms with Gasteiger partial charge in [0.15, 0.2) is 0 Å². The van der Waals surface area contributed by atoms with Crippen molar-refractivity contribution < 1.29 is 0 Å². The Morgan fingerprint density at radius 2 is 2.23 bits per heavy atom. The van der Waals surface area contributed by atoms with Crippen LogP contribution in [-0.4, -0.2) is 12.1 Å². The first-order valence-corrected chi connectivity index (χ1v) is 5.69. The number of rotatable bonds is 3. The standard InChI is InChI=1S/C12H21N/c1-12(8-5-9-12)13-10-11-6-3-2-4-7-11/h2-3,11,13H,4-10H2,1H3. The summed E-state index contributed by atoms with van der Waals surface area (Å²) < 4.78 is 0. The van der Waals surface area contributed by atoms with Crippen LogP contribution in [0, 0.1) is 5.92 Å². The summed E-state index contributed by atoms with van der Waals surface area (Å²) in [5, 5.41) is 3.73. The van der Waals surface area contributed by atoms with Crippen molar-refractivity contribution in [3.8, 4) is 0 Å². The van der Waals surface area contributed by atoms with Gasteiger partial charge in [0.25, 0.3) is 0 Å². The molecule has 2 rings (SSSR count). The lowest BCUT2D eigenvalue weighted by molar-refractivity contribution is 0.195. The fourth-order valence-corrected chi connectivity index (χ4v) is 2.32. The monoisotopic (exact) mass is 179 g/mol. The molecule has 1 atom stereocenters. The zero-order chi connectivity index (χ0) is 9.15. The van der Waals surface area contributed by atoms with Crippen LogP contribution in [0.5, 0.6) is 0 Å². The second-order valence-corrected chi connectivity index (χ2v) is 4.95. The van der Waals surface area contributed by atoms with E-state index in [0.29, 0.717) is 5.54 Å². The van der Waals surface area contributed by atoms with E-state index in [4.69, 9.17) is 0 Å². The molecule has 0 saturated heterocycles. The zero-order valence-electron chi connectivity index (χ0n) is 8.68. The van der Waals surface area contributed by atoms with Crippen molar-refractivity contribution in [2.24, 2.45) is 5.92 Å². The van der Waals surface area contributed by atoms with E-state index in [9.17, 15) is 0 Å². The lowest BCUT2D eigenvalue weighted by atomic mass is 9.78. The van der Waals surface area contributed by atoms with Crippen molar-refractivity contribution in [2.45, 2.75) is 51.0 Å². The highest BCUT2D eigenvalue weighted by atomic mass is 15.0. The van der Waals surface area contributed by atoms with E-state index >= 15 is 0 Å². The fraction of sp³-hybridized carbons (Fsp3) is 0.833. The zero-order valence-corrected chi connectivity index (χ0v) is 8.68. The molecule has 0 spiro atoms. The molecule has 0 aromatic heterocycles. The molecule has 0 heterocycles. The minimum absolute atomic E-state index is 0.501. The normalized spacial score (nSPS) is 31.3. The number of allylic oxidation sites excluding steroid dienone is 2. The topological polar surface area (TPSA) is 12.0 Å². The van der Waals surface area contributed by atoms with Crippen molar-refractivity contribution in [1.29, 1.82) is 0 Å². The maximum atomic E-state index is 3.73. The highest BCUT2D eigenvalue weighted by Gasteiger charge is 2.31. The molecule has 1 fully saturated rings. The second-order valence-electron chi connectivity index (χ2n) is 4.95. The minimum Gasteiger partial charge on any atom is -0.311 e. The van der Waals surface area contributed by atoms with Crippen molar-refractivity contribution in [2.75, 3.05) is 6.54 Å². The second kappa shape index (κ2) is 3.83. The van der Waals surface area contributed by atoms with Crippen LogP contribution in [0.1, 0.15) is 45.4 Å². The minimum atomic E-state index is 0.501. The smallest absolute Gasteiger partial charge is 0.0153 e. The summed E-state index contributed by atoms with van der Waals surface area (Å²) in [7, 11) is 0. The molecule has 13 heavy (non-hydrogen) atoms. The lowest BCUT2D eigenvalue weighted by Gasteiger charge is -2.40. The molecule has 0 amide bonds. The number of hydrogen-bond acceptors (Lipinski definition) is 1. The molecule has 1 unspecified atom stereocenters. The van der Waals surface area contributed by atoms with Crippen molar-refractivity contribution in [3.63, 3.8) is 0 Å². The molecule has 2 aliphatic carbocycles. The Morgan fingerprint density at radius 1 is 1.38 bits per heavy atom. The van der Waals surface area contributed by atoms with Gasteiger partial charge in [0.05, 0.1) is 0 Å². The van der Waals surface area contributed by atoms with Gasteiger partial charge in [0.1, 0.15) is 0 Å². The van der Waals surface area contributed by atoms with Gasteiger partial charge in [-0.3, -0.25) is 0 Å². The highest BCUT2D eigenvalue weighted by molar-refractivity contribution is 4.95. The summed E-state index contributed by atoms with van der Waals surface area (Å²) in [6.07, 6.45) is 12.8. The predicted molar refractivity (Wildman–Crippen MR) is 56.7 cm³/mol. The van der Waals surface area contributed by atoms with E-state index < -0.39 is 0 Å². The molecule has 0 radical (unpaired) electrons. The molecular formula is C12H21N. The summed E-state index contributed by atoms with van der Waals surface area (Å²) in [5.41, 5.74) is 0.501. The Balaban J connectivity index is 1.69. The fourth-order valence-electron chi connectivity index (χ4n) is 2.32. The van der Waals surface area contributed by atoms with Crippen LogP contribution in [-0.2, 0) is 0 Å². The third-order valence-electron chi connectivity index (χ3n) is 3.65. The van der Waals surface area contributed by atoms with E-state index in [-0.39, 0.29) is 0 Å². The predicted octanol–water partition coefficient (Wildman–Crippen LogP) is 2.87. The van der Waals surface area contributed by atoms with E-state index in [2.05, 4.69) is 24.4 Å². The van der Waals surface area contributed by atoms with Crippen molar-refractivity contribution in [1.82, 2.24) is 5.32 Å². The van der Waals surface area contributed by atoms with E-state index in [1.807, 2.05) is 0 Å². The van der Waals surface area contributed by atoms with Gasteiger partial charge in [0.2, 0.25) is 0 Å². The SMILES string of the molecule is CC1(NCC2CC=CCC2)CCC1. The van der Waals surface area contributed by atoms with Gasteiger partial charge in [-0.05, 0) is 57.9 Å². The summed E-state index contributed by atoms with van der Waals surface area (Å²) in [6, 6.07) is 0. The van der Waals surface area contributed by atoms with Crippen LogP contribution >= 0.6 is 0 Å². The van der Waals surface area contributed by atoms with Crippen LogP contribution in [0.15, 0.2) is 12.2 Å². The molecule has 1 N–H and O–H groups in total. The van der Waals surface area contributed by atoms with Gasteiger partial charge >= 0.3 is 0 Å². The van der Waals surface area contributed by atoms with Crippen LogP contribution in [0.2, 0.25) is 0 Å². The molecule has 1 saturated carbocycles. The molecule has 0 aliphatic heterocycles. The molecular weight excluding hydrogens is 158 g/mol. The lowest BCUT2D eigenvalue weighted by Crippen LogP contribution is -2.49. The van der Waals surface area contributed by atoms with Crippen LogP contribution in [0.4, 0.5) is 0 Å². The first-order valence-electron chi connectivity index (χ1n) is 5.69. The highest BCUT2D eigenvalue weighted by Crippen LogP contribution is 2.31. The summed E-state index contributed by atoms with van der Waals surface area (Å²) >= 11 is 0. The van der Waals surface area contributed by atoms with Crippen LogP contribution in [0.3, 0.4) is 0 Å². The molecule has 2 aliphatic rings. The van der Waals surface area contributed by atoms with Gasteiger partial charge in [0, 0.05) is 5.54 Å². The maximum absolute atomic E-state index is 3.73. The van der Waals surface area contributed by atoms with E-state index in [1.54, 1.807) is 0 Å². The van der Waals surface area contributed by atoms with Gasteiger partial charge in [-0.15, -0.1) is 0 Å². The molecule has 1 heteroatoms. The third kappa shape index (κ3) is 2.34. The Bertz CT molecular complexity index is 191. The molecule has 74 valence electrons. The number of hydrogen-bond donors (Lipinski definition) is 1. The Kier molecular flexibility index (Phi) is 2.73. The Hall–Kier alpha value is -0.300. The van der Waals surface area contributed by atoms with Gasteiger partial charge in [-0.1, -0.05) is 12.2 Å². The molecule has 0 aromatic rings. The van der Waals surface area contributed by atoms with Crippen LogP contribution < -0.4 is 5.32 Å². The maximum Gasteiger partial charge on any atom is 0.0153 e. The summed E-state index contributed by atoms with van der Waals surface area (Å²) in [6.45, 7) is 3.61. The third-order valence-corrected chi connectivity index (χ3v) is 3.65. The van der Waals surface area contributed by atoms with Crippen LogP contribution in [0.25, 0.3) is 0 Å². The molecule has 0 aromatic carbocycles. The summed E-state index contributed by atoms with van der Waals surface area (Å²) in [4.78, 5) is 0. The number of nitrogens with one attached hydrogen (secondary N) is 1. The first kappa shape index (κ1) is 9.26. The Morgan fingerprint density at radius 3 is 2.77 bits per heavy atom. The summed E-state index contributed by atoms with van der Waals surface area (Å²) in [5.74, 6) is 0.905. The van der Waals surface area contributed by atoms with Gasteiger partial charge in [-0.2, -0.15) is 0 Å². The van der Waals surface area contributed by atoms with E-state index in [1.165, 1.54) is 45.1 Å². The average molecular weight is 179 g/mol. The van der Waals surface area contributed by atoms with Crippen molar-refractivity contribution >= 4 is 0 Å². The van der Waals surface area contributed by atoms with Crippen molar-refractivity contribution in [3.05, 3.63) is 12.2 Å². The average Bonchev–Trinajstić information content (AvgIpc) is 2.13. The van der Waals surface area contributed by atoms with Gasteiger partial charge < -0.3 is 5.32 Å². The molecule has 1 nitrogen and oxygen atoms in total. The van der Waals surface area contributed by atoms with Gasteiger partial charge in [-0.25, -0.2) is 0 Å². The largest absolute Gasteiger partial charge is 0.311 e. The first-order chi connectivity index (χ1) is 6.29. The Labute approximate surface area is 81.6 Å². The molecule has 0 bridgehead atoms. The quantitative estimate of drug-likeness (QED) is 0.657.